The fourth-order valence-electron chi connectivity index (χ4n) is 2.57. The Balaban J connectivity index is 2.14. The summed E-state index contributed by atoms with van der Waals surface area (Å²) in [4.78, 5) is 14.2. The molecule has 1 saturated carbocycles. The highest BCUT2D eigenvalue weighted by Crippen LogP contribution is 2.33. The van der Waals surface area contributed by atoms with Crippen LogP contribution in [0.25, 0.3) is 0 Å². The van der Waals surface area contributed by atoms with E-state index in [0.717, 1.165) is 24.8 Å². The summed E-state index contributed by atoms with van der Waals surface area (Å²) < 4.78 is 23.1. The summed E-state index contributed by atoms with van der Waals surface area (Å²) >= 11 is 0. The number of allylic oxidation sites excluding steroid dienone is 1. The van der Waals surface area contributed by atoms with Crippen LogP contribution in [0.15, 0.2) is 11.6 Å². The molecular weight excluding hydrogens is 250 g/mol. The molecule has 0 aromatic carbocycles. The summed E-state index contributed by atoms with van der Waals surface area (Å²) in [6, 6.07) is 0.172. The Labute approximate surface area is 109 Å². The van der Waals surface area contributed by atoms with Crippen molar-refractivity contribution in [2.24, 2.45) is 0 Å². The Kier molecular flexibility index (Phi) is 3.80. The van der Waals surface area contributed by atoms with Crippen molar-refractivity contribution in [2.45, 2.75) is 51.6 Å². The fourth-order valence-corrected chi connectivity index (χ4v) is 4.29. The fraction of sp³-hybridized carbons (Fsp3) is 0.769. The zero-order valence-corrected chi connectivity index (χ0v) is 11.9. The molecule has 1 aliphatic heterocycles. The summed E-state index contributed by atoms with van der Waals surface area (Å²) in [5.74, 6) is 0.403. The monoisotopic (exact) mass is 271 g/mol. The van der Waals surface area contributed by atoms with E-state index in [-0.39, 0.29) is 29.5 Å². The van der Waals surface area contributed by atoms with E-state index in [0.29, 0.717) is 6.42 Å². The van der Waals surface area contributed by atoms with E-state index in [2.05, 4.69) is 0 Å². The first-order valence-corrected chi connectivity index (χ1v) is 8.46. The summed E-state index contributed by atoms with van der Waals surface area (Å²) in [5.41, 5.74) is 0.744. The number of hydrogen-bond donors (Lipinski definition) is 0. The third-order valence-corrected chi connectivity index (χ3v) is 5.37. The molecule has 1 unspecified atom stereocenters. The van der Waals surface area contributed by atoms with Crippen LogP contribution in [0.4, 0.5) is 0 Å². The van der Waals surface area contributed by atoms with Crippen LogP contribution in [0.3, 0.4) is 0 Å². The molecule has 0 radical (unpaired) electrons. The maximum atomic E-state index is 12.4. The largest absolute Gasteiger partial charge is 0.332 e. The van der Waals surface area contributed by atoms with Gasteiger partial charge in [-0.2, -0.15) is 0 Å². The van der Waals surface area contributed by atoms with Gasteiger partial charge in [0.25, 0.3) is 0 Å². The Morgan fingerprint density at radius 2 is 1.94 bits per heavy atom. The second kappa shape index (κ2) is 5.03. The molecule has 102 valence electrons. The van der Waals surface area contributed by atoms with Gasteiger partial charge in [-0.15, -0.1) is 0 Å². The second-order valence-corrected chi connectivity index (χ2v) is 7.52. The molecule has 2 rings (SSSR count). The van der Waals surface area contributed by atoms with E-state index >= 15 is 0 Å². The van der Waals surface area contributed by atoms with E-state index in [1.54, 1.807) is 0 Å². The zero-order valence-electron chi connectivity index (χ0n) is 11.1. The SMILES string of the molecule is CC/C=C(\C)C(=O)N(C1CC1)C1CCS(=O)(=O)C1. The van der Waals surface area contributed by atoms with Gasteiger partial charge in [0.2, 0.25) is 5.91 Å². The summed E-state index contributed by atoms with van der Waals surface area (Å²) in [6.45, 7) is 3.82. The minimum atomic E-state index is -2.93. The van der Waals surface area contributed by atoms with Crippen molar-refractivity contribution in [3.05, 3.63) is 11.6 Å². The van der Waals surface area contributed by atoms with Gasteiger partial charge in [-0.25, -0.2) is 8.42 Å². The van der Waals surface area contributed by atoms with E-state index < -0.39 is 9.84 Å². The van der Waals surface area contributed by atoms with Crippen molar-refractivity contribution in [1.82, 2.24) is 4.90 Å². The standard InChI is InChI=1S/C13H21NO3S/c1-3-4-10(2)13(15)14(11-5-6-11)12-7-8-18(16,17)9-12/h4,11-12H,3,5-9H2,1-2H3/b10-4+. The van der Waals surface area contributed by atoms with Gasteiger partial charge < -0.3 is 4.90 Å². The van der Waals surface area contributed by atoms with E-state index in [9.17, 15) is 13.2 Å². The summed E-state index contributed by atoms with van der Waals surface area (Å²) in [7, 11) is -2.93. The number of sulfone groups is 1. The molecule has 1 atom stereocenters. The lowest BCUT2D eigenvalue weighted by atomic mass is 10.1. The van der Waals surface area contributed by atoms with Gasteiger partial charge in [-0.3, -0.25) is 4.79 Å². The Morgan fingerprint density at radius 1 is 1.28 bits per heavy atom. The van der Waals surface area contributed by atoms with Crippen molar-refractivity contribution in [3.8, 4) is 0 Å². The molecule has 2 fully saturated rings. The van der Waals surface area contributed by atoms with Gasteiger partial charge in [0, 0.05) is 17.7 Å². The highest BCUT2D eigenvalue weighted by Gasteiger charge is 2.42. The first-order valence-electron chi connectivity index (χ1n) is 6.64. The molecule has 1 saturated heterocycles. The topological polar surface area (TPSA) is 54.5 Å². The summed E-state index contributed by atoms with van der Waals surface area (Å²) in [5, 5.41) is 0. The molecule has 18 heavy (non-hydrogen) atoms. The third-order valence-electron chi connectivity index (χ3n) is 3.62. The average Bonchev–Trinajstić information content (AvgIpc) is 3.04. The number of rotatable bonds is 4. The van der Waals surface area contributed by atoms with Crippen LogP contribution in [0, 0.1) is 0 Å². The molecule has 2 aliphatic rings. The number of hydrogen-bond acceptors (Lipinski definition) is 3. The maximum absolute atomic E-state index is 12.4. The van der Waals surface area contributed by atoms with E-state index in [1.165, 1.54) is 0 Å². The van der Waals surface area contributed by atoms with Gasteiger partial charge in [-0.1, -0.05) is 13.0 Å². The predicted octanol–water partition coefficient (Wildman–Crippen LogP) is 1.52. The maximum Gasteiger partial charge on any atom is 0.249 e. The second-order valence-electron chi connectivity index (χ2n) is 5.30. The van der Waals surface area contributed by atoms with Crippen molar-refractivity contribution in [3.63, 3.8) is 0 Å². The Bertz CT molecular complexity index is 463. The van der Waals surface area contributed by atoms with Crippen molar-refractivity contribution in [1.29, 1.82) is 0 Å². The van der Waals surface area contributed by atoms with Crippen LogP contribution in [-0.2, 0) is 14.6 Å². The molecule has 5 heteroatoms. The average molecular weight is 271 g/mol. The molecule has 0 N–H and O–H groups in total. The van der Waals surface area contributed by atoms with Crippen LogP contribution in [0.1, 0.15) is 39.5 Å². The van der Waals surface area contributed by atoms with Gasteiger partial charge in [-0.05, 0) is 32.6 Å². The Hall–Kier alpha value is -0.840. The molecule has 1 aliphatic carbocycles. The first kappa shape index (κ1) is 13.6. The molecule has 4 nitrogen and oxygen atoms in total. The lowest BCUT2D eigenvalue weighted by Gasteiger charge is -2.28. The van der Waals surface area contributed by atoms with Crippen LogP contribution in [-0.4, -0.2) is 42.8 Å². The predicted molar refractivity (Wildman–Crippen MR) is 71.0 cm³/mol. The molecule has 0 aromatic rings. The van der Waals surface area contributed by atoms with Gasteiger partial charge in [0.15, 0.2) is 9.84 Å². The van der Waals surface area contributed by atoms with Gasteiger partial charge >= 0.3 is 0 Å². The first-order chi connectivity index (χ1) is 8.44. The van der Waals surface area contributed by atoms with Crippen molar-refractivity contribution >= 4 is 15.7 Å². The normalized spacial score (nSPS) is 27.2. The number of carbonyl (C=O) groups excluding carboxylic acids is 1. The molecule has 1 heterocycles. The van der Waals surface area contributed by atoms with Crippen molar-refractivity contribution < 1.29 is 13.2 Å². The molecule has 0 spiro atoms. The van der Waals surface area contributed by atoms with Gasteiger partial charge in [0.1, 0.15) is 0 Å². The number of amides is 1. The smallest absolute Gasteiger partial charge is 0.249 e. The lowest BCUT2D eigenvalue weighted by Crippen LogP contribution is -2.43. The molecular formula is C13H21NO3S. The van der Waals surface area contributed by atoms with E-state index in [1.807, 2.05) is 24.8 Å². The van der Waals surface area contributed by atoms with E-state index in [4.69, 9.17) is 0 Å². The minimum Gasteiger partial charge on any atom is -0.332 e. The highest BCUT2D eigenvalue weighted by molar-refractivity contribution is 7.91. The molecule has 0 aromatic heterocycles. The molecule has 1 amide bonds. The number of nitrogens with zero attached hydrogens (tertiary/aromatic N) is 1. The summed E-state index contributed by atoms with van der Waals surface area (Å²) in [6.07, 6.45) is 5.38. The quantitative estimate of drug-likeness (QED) is 0.728. The number of carbonyl (C=O) groups is 1. The molecule has 0 bridgehead atoms. The van der Waals surface area contributed by atoms with Crippen LogP contribution >= 0.6 is 0 Å². The van der Waals surface area contributed by atoms with Crippen LogP contribution in [0.5, 0.6) is 0 Å². The Morgan fingerprint density at radius 3 is 2.39 bits per heavy atom. The highest BCUT2D eigenvalue weighted by atomic mass is 32.2. The van der Waals surface area contributed by atoms with Gasteiger partial charge in [0.05, 0.1) is 11.5 Å². The lowest BCUT2D eigenvalue weighted by molar-refractivity contribution is -0.129. The zero-order chi connectivity index (χ0) is 13.3. The minimum absolute atomic E-state index is 0.0291. The van der Waals surface area contributed by atoms with Crippen molar-refractivity contribution in [2.75, 3.05) is 11.5 Å². The van der Waals surface area contributed by atoms with Crippen LogP contribution < -0.4 is 0 Å². The van der Waals surface area contributed by atoms with Crippen LogP contribution in [0.2, 0.25) is 0 Å². The third kappa shape index (κ3) is 2.94.